The molecule has 4 heterocycles. The maximum atomic E-state index is 14.7. The van der Waals surface area contributed by atoms with Gasteiger partial charge in [-0.1, -0.05) is 18.2 Å². The molecule has 0 aliphatic carbocycles. The molecule has 5 rings (SSSR count). The summed E-state index contributed by atoms with van der Waals surface area (Å²) >= 11 is 0. The monoisotopic (exact) mass is 434 g/mol. The van der Waals surface area contributed by atoms with Crippen molar-refractivity contribution in [3.63, 3.8) is 0 Å². The van der Waals surface area contributed by atoms with Crippen molar-refractivity contribution in [1.29, 1.82) is 5.26 Å². The molecule has 0 radical (unpaired) electrons. The van der Waals surface area contributed by atoms with Crippen LogP contribution < -0.4 is 16.2 Å². The van der Waals surface area contributed by atoms with Gasteiger partial charge in [0.25, 0.3) is 11.5 Å². The van der Waals surface area contributed by atoms with Gasteiger partial charge in [0.15, 0.2) is 11.6 Å². The van der Waals surface area contributed by atoms with Gasteiger partial charge in [0.1, 0.15) is 29.3 Å². The van der Waals surface area contributed by atoms with Crippen molar-refractivity contribution >= 4 is 17.2 Å². The van der Waals surface area contributed by atoms with Crippen LogP contribution in [0.4, 0.5) is 20.4 Å². The molecule has 9 nitrogen and oxygen atoms in total. The molecule has 11 heteroatoms. The van der Waals surface area contributed by atoms with Gasteiger partial charge in [-0.2, -0.15) is 10.4 Å². The van der Waals surface area contributed by atoms with E-state index in [1.165, 1.54) is 14.0 Å². The van der Waals surface area contributed by atoms with Gasteiger partial charge in [-0.3, -0.25) is 9.36 Å². The smallest absolute Gasteiger partial charge is 0.282 e. The Morgan fingerprint density at radius 1 is 1.16 bits per heavy atom. The first kappa shape index (κ1) is 19.6. The van der Waals surface area contributed by atoms with Crippen LogP contribution in [-0.2, 0) is 0 Å². The van der Waals surface area contributed by atoms with E-state index in [4.69, 9.17) is 5.73 Å². The van der Waals surface area contributed by atoms with Gasteiger partial charge < -0.3 is 10.6 Å². The van der Waals surface area contributed by atoms with Crippen molar-refractivity contribution in [2.75, 3.05) is 17.2 Å². The number of fused-ring (bicyclic) bond motifs is 1. The third-order valence-corrected chi connectivity index (χ3v) is 5.41. The number of nitrogen functional groups attached to an aromatic ring is 1. The van der Waals surface area contributed by atoms with E-state index in [0.717, 1.165) is 6.33 Å². The predicted molar refractivity (Wildman–Crippen MR) is 112 cm³/mol. The number of hydrogen-bond donors (Lipinski definition) is 1. The first-order chi connectivity index (χ1) is 15.4. The average molecular weight is 434 g/mol. The van der Waals surface area contributed by atoms with Crippen LogP contribution in [0.1, 0.15) is 23.9 Å². The maximum absolute atomic E-state index is 14.7. The molecule has 4 aromatic rings. The highest BCUT2D eigenvalue weighted by Crippen LogP contribution is 2.43. The molecule has 1 fully saturated rings. The number of anilines is 2. The quantitative estimate of drug-likeness (QED) is 0.526. The number of aromatic nitrogens is 5. The number of para-hydroxylation sites is 1. The number of rotatable bonds is 3. The Bertz CT molecular complexity index is 1420. The minimum absolute atomic E-state index is 0.0244. The second kappa shape index (κ2) is 7.12. The van der Waals surface area contributed by atoms with Gasteiger partial charge in [-0.05, 0) is 24.3 Å². The second-order valence-electron chi connectivity index (χ2n) is 7.45. The molecule has 0 unspecified atom stereocenters. The third-order valence-electron chi connectivity index (χ3n) is 5.41. The Kier molecular flexibility index (Phi) is 4.37. The van der Waals surface area contributed by atoms with E-state index in [1.807, 2.05) is 6.07 Å². The Morgan fingerprint density at radius 2 is 1.94 bits per heavy atom. The lowest BCUT2D eigenvalue weighted by atomic mass is 10.1. The summed E-state index contributed by atoms with van der Waals surface area (Å²) in [6, 6.07) is 12.8. The molecule has 2 N–H and O–H groups in total. The van der Waals surface area contributed by atoms with Crippen LogP contribution in [0.15, 0.2) is 59.8 Å². The molecule has 0 amide bonds. The van der Waals surface area contributed by atoms with Crippen LogP contribution in [0.2, 0.25) is 0 Å². The second-order valence-corrected chi connectivity index (χ2v) is 7.45. The normalized spacial score (nSPS) is 17.5. The summed E-state index contributed by atoms with van der Waals surface area (Å²) in [5.74, 6) is -3.14. The molecule has 1 aromatic carbocycles. The zero-order valence-electron chi connectivity index (χ0n) is 16.6. The van der Waals surface area contributed by atoms with Gasteiger partial charge in [0.05, 0.1) is 18.3 Å². The lowest BCUT2D eigenvalue weighted by molar-refractivity contribution is 0.0218. The number of hydrogen-bond acceptors (Lipinski definition) is 7. The number of nitriles is 1. The maximum Gasteiger partial charge on any atom is 0.282 e. The fourth-order valence-corrected chi connectivity index (χ4v) is 4.03. The number of halogens is 2. The lowest BCUT2D eigenvalue weighted by Gasteiger charge is -2.27. The van der Waals surface area contributed by atoms with Crippen molar-refractivity contribution in [1.82, 2.24) is 24.1 Å². The Hall–Kier alpha value is -4.33. The van der Waals surface area contributed by atoms with Gasteiger partial charge >= 0.3 is 0 Å². The van der Waals surface area contributed by atoms with Crippen LogP contribution in [0.3, 0.4) is 0 Å². The van der Waals surface area contributed by atoms with Crippen LogP contribution in [0.5, 0.6) is 0 Å². The van der Waals surface area contributed by atoms with E-state index in [1.54, 1.807) is 48.7 Å². The Balaban J connectivity index is 1.78. The number of alkyl halides is 2. The molecule has 32 heavy (non-hydrogen) atoms. The predicted octanol–water partition coefficient (Wildman–Crippen LogP) is 2.32. The molecule has 0 bridgehead atoms. The minimum Gasteiger partial charge on any atom is -0.382 e. The topological polar surface area (TPSA) is 118 Å². The number of nitrogens with zero attached hydrogens (tertiary/aromatic N) is 7. The summed E-state index contributed by atoms with van der Waals surface area (Å²) in [5.41, 5.74) is 6.08. The third kappa shape index (κ3) is 3.04. The molecule has 160 valence electrons. The highest BCUT2D eigenvalue weighted by atomic mass is 19.3. The van der Waals surface area contributed by atoms with Crippen LogP contribution in [-0.4, -0.2) is 36.6 Å². The van der Waals surface area contributed by atoms with Gasteiger partial charge in [-0.25, -0.2) is 23.3 Å². The van der Waals surface area contributed by atoms with Crippen molar-refractivity contribution in [3.8, 4) is 11.8 Å². The molecule has 1 aliphatic rings. The summed E-state index contributed by atoms with van der Waals surface area (Å²) in [4.78, 5) is 22.5. The van der Waals surface area contributed by atoms with E-state index in [2.05, 4.69) is 15.1 Å². The van der Waals surface area contributed by atoms with Gasteiger partial charge in [-0.15, -0.1) is 0 Å². The van der Waals surface area contributed by atoms with Crippen molar-refractivity contribution in [2.24, 2.45) is 0 Å². The summed E-state index contributed by atoms with van der Waals surface area (Å²) in [6.07, 6.45) is 2.08. The minimum atomic E-state index is -3.11. The average Bonchev–Trinajstić information content (AvgIpc) is 3.38. The zero-order chi connectivity index (χ0) is 22.5. The van der Waals surface area contributed by atoms with Gasteiger partial charge in [0.2, 0.25) is 0 Å². The fraction of sp³-hybridized carbons (Fsp3) is 0.190. The van der Waals surface area contributed by atoms with E-state index >= 15 is 0 Å². The largest absolute Gasteiger partial charge is 0.382 e. The van der Waals surface area contributed by atoms with Crippen molar-refractivity contribution in [3.05, 3.63) is 76.7 Å². The highest BCUT2D eigenvalue weighted by molar-refractivity contribution is 5.64. The van der Waals surface area contributed by atoms with Crippen molar-refractivity contribution < 1.29 is 8.78 Å². The molecular weight excluding hydrogens is 418 g/mol. The SMILES string of the molecule is N#Cc1c(N)ncnc1N1CC(F)(F)C[C@H]1c1nn2cccc2c(=O)n1-c1ccccc1. The van der Waals surface area contributed by atoms with Crippen LogP contribution in [0, 0.1) is 11.3 Å². The summed E-state index contributed by atoms with van der Waals surface area (Å²) in [6.45, 7) is -0.711. The molecule has 1 aliphatic heterocycles. The molecular formula is C21H16F2N8O. The molecule has 0 saturated carbocycles. The molecule has 3 aromatic heterocycles. The van der Waals surface area contributed by atoms with Gasteiger partial charge in [0, 0.05) is 12.6 Å². The summed E-state index contributed by atoms with van der Waals surface area (Å²) in [7, 11) is 0. The summed E-state index contributed by atoms with van der Waals surface area (Å²) < 4.78 is 32.1. The van der Waals surface area contributed by atoms with E-state index in [9.17, 15) is 18.8 Å². The standard InChI is InChI=1S/C21H16F2N8O/c22-21(23)9-16(29(11-21)18-14(10-24)17(25)26-12-27-18)19-28-30-8-4-7-15(30)20(32)31(19)13-5-2-1-3-6-13/h1-8,12,16H,9,11H2,(H2,25,26,27)/t16-/m0/s1. The van der Waals surface area contributed by atoms with E-state index < -0.39 is 30.5 Å². The molecule has 1 saturated heterocycles. The molecule has 1 atom stereocenters. The van der Waals surface area contributed by atoms with Crippen LogP contribution in [0.25, 0.3) is 11.2 Å². The fourth-order valence-electron chi connectivity index (χ4n) is 4.03. The first-order valence-corrected chi connectivity index (χ1v) is 9.70. The number of nitrogens with two attached hydrogens (primary N) is 1. The first-order valence-electron chi connectivity index (χ1n) is 9.70. The zero-order valence-corrected chi connectivity index (χ0v) is 16.6. The van der Waals surface area contributed by atoms with E-state index in [0.29, 0.717) is 11.2 Å². The Labute approximate surface area is 180 Å². The lowest BCUT2D eigenvalue weighted by Crippen LogP contribution is -2.34. The molecule has 0 spiro atoms. The van der Waals surface area contributed by atoms with E-state index in [-0.39, 0.29) is 23.0 Å². The highest BCUT2D eigenvalue weighted by Gasteiger charge is 2.49. The van der Waals surface area contributed by atoms with Crippen molar-refractivity contribution in [2.45, 2.75) is 18.4 Å². The number of benzene rings is 1. The Morgan fingerprint density at radius 3 is 2.69 bits per heavy atom. The summed E-state index contributed by atoms with van der Waals surface area (Å²) in [5, 5.41) is 14.1. The van der Waals surface area contributed by atoms with Crippen LogP contribution >= 0.6 is 0 Å².